The van der Waals surface area contributed by atoms with E-state index in [2.05, 4.69) is 18.8 Å². The molecule has 72 valence electrons. The Balaban J connectivity index is 1.88. The van der Waals surface area contributed by atoms with E-state index < -0.39 is 0 Å². The van der Waals surface area contributed by atoms with Crippen molar-refractivity contribution in [1.82, 2.24) is 0 Å². The van der Waals surface area contributed by atoms with Crippen molar-refractivity contribution in [3.8, 4) is 0 Å². The third-order valence-corrected chi connectivity index (χ3v) is 4.35. The highest BCUT2D eigenvalue weighted by Crippen LogP contribution is 2.64. The predicted molar refractivity (Wildman–Crippen MR) is 51.8 cm³/mol. The first kappa shape index (κ1) is 7.84. The minimum atomic E-state index is 0.452. The summed E-state index contributed by atoms with van der Waals surface area (Å²) < 4.78 is 5.60. The van der Waals surface area contributed by atoms with Crippen molar-refractivity contribution in [2.24, 2.45) is 22.2 Å². The van der Waals surface area contributed by atoms with Crippen LogP contribution in [0.25, 0.3) is 0 Å². The second-order valence-corrected chi connectivity index (χ2v) is 5.16. The molecule has 0 bridgehead atoms. The quantitative estimate of drug-likeness (QED) is 0.605. The van der Waals surface area contributed by atoms with Crippen LogP contribution in [0, 0.1) is 17.3 Å². The van der Waals surface area contributed by atoms with Crippen LogP contribution in [-0.4, -0.2) is 18.5 Å². The summed E-state index contributed by atoms with van der Waals surface area (Å²) in [5, 5.41) is 0. The van der Waals surface area contributed by atoms with Gasteiger partial charge in [-0.1, -0.05) is 20.3 Å². The maximum atomic E-state index is 5.60. The van der Waals surface area contributed by atoms with Gasteiger partial charge in [0.05, 0.1) is 6.04 Å². The third-order valence-electron chi connectivity index (χ3n) is 4.35. The van der Waals surface area contributed by atoms with Crippen LogP contribution in [0.5, 0.6) is 0 Å². The minimum absolute atomic E-state index is 0.452. The van der Waals surface area contributed by atoms with E-state index >= 15 is 0 Å². The molecule has 2 unspecified atom stereocenters. The average Bonchev–Trinajstić information content (AvgIpc) is 2.30. The topological polar surface area (TPSA) is 21.6 Å². The molecule has 0 N–H and O–H groups in total. The van der Waals surface area contributed by atoms with Gasteiger partial charge < -0.3 is 4.74 Å². The largest absolute Gasteiger partial charge is 0.477 e. The fraction of sp³-hybridized carbons (Fsp3) is 0.909. The smallest absolute Gasteiger partial charge is 0.170 e. The number of ether oxygens (including phenoxy) is 1. The Kier molecular flexibility index (Phi) is 1.38. The van der Waals surface area contributed by atoms with Crippen molar-refractivity contribution in [2.45, 2.75) is 45.3 Å². The zero-order chi connectivity index (χ0) is 9.05. The Morgan fingerprint density at radius 1 is 1.46 bits per heavy atom. The first-order valence-electron chi connectivity index (χ1n) is 5.43. The van der Waals surface area contributed by atoms with Gasteiger partial charge in [-0.25, -0.2) is 0 Å². The monoisotopic (exact) mass is 179 g/mol. The molecule has 13 heavy (non-hydrogen) atoms. The first-order valence-corrected chi connectivity index (χ1v) is 5.43. The third kappa shape index (κ3) is 0.733. The lowest BCUT2D eigenvalue weighted by atomic mass is 9.43. The van der Waals surface area contributed by atoms with Gasteiger partial charge in [0.25, 0.3) is 0 Å². The molecule has 0 radical (unpaired) electrons. The molecule has 2 aliphatic carbocycles. The molecule has 2 nitrogen and oxygen atoms in total. The molecule has 0 saturated heterocycles. The Morgan fingerprint density at radius 2 is 2.23 bits per heavy atom. The molecule has 2 saturated carbocycles. The zero-order valence-corrected chi connectivity index (χ0v) is 8.36. The molecule has 0 amide bonds. The van der Waals surface area contributed by atoms with Gasteiger partial charge in [-0.3, -0.25) is 4.99 Å². The molecule has 3 atom stereocenters. The van der Waals surface area contributed by atoms with E-state index in [1.807, 2.05) is 0 Å². The van der Waals surface area contributed by atoms with Crippen LogP contribution in [0.3, 0.4) is 0 Å². The highest BCUT2D eigenvalue weighted by molar-refractivity contribution is 5.52. The molecule has 2 heteroatoms. The molecule has 1 aliphatic heterocycles. The van der Waals surface area contributed by atoms with Crippen molar-refractivity contribution in [2.75, 3.05) is 0 Å². The Bertz CT molecular complexity index is 255. The van der Waals surface area contributed by atoms with Gasteiger partial charge in [-0.15, -0.1) is 0 Å². The lowest BCUT2D eigenvalue weighted by molar-refractivity contribution is -0.178. The number of hydrogen-bond acceptors (Lipinski definition) is 2. The Labute approximate surface area is 79.4 Å². The van der Waals surface area contributed by atoms with Crippen molar-refractivity contribution in [3.63, 3.8) is 0 Å². The molecule has 1 heterocycles. The highest BCUT2D eigenvalue weighted by Gasteiger charge is 2.67. The summed E-state index contributed by atoms with van der Waals surface area (Å²) in [6.07, 6.45) is 6.29. The number of nitrogens with zero attached hydrogens (tertiary/aromatic N) is 1. The normalized spacial score (nSPS) is 44.1. The lowest BCUT2D eigenvalue weighted by Crippen LogP contribution is -2.67. The summed E-state index contributed by atoms with van der Waals surface area (Å²) in [5.74, 6) is 1.56. The molecule has 1 spiro atoms. The summed E-state index contributed by atoms with van der Waals surface area (Å²) in [5.41, 5.74) is 0.537. The molecule has 3 aliphatic rings. The standard InChI is InChI=1S/C11H17NO/c1-7(2)8-9-10(13-6-12-9)11(8)4-3-5-11/h6-10H,3-5H2,1-2H3/t8?,9-,10?/m1/s1. The zero-order valence-electron chi connectivity index (χ0n) is 8.36. The van der Waals surface area contributed by atoms with E-state index in [4.69, 9.17) is 4.74 Å². The van der Waals surface area contributed by atoms with Crippen LogP contribution >= 0.6 is 0 Å². The second-order valence-electron chi connectivity index (χ2n) is 5.16. The van der Waals surface area contributed by atoms with Crippen molar-refractivity contribution in [1.29, 1.82) is 0 Å². The molecular weight excluding hydrogens is 162 g/mol. The molecule has 0 aromatic rings. The van der Waals surface area contributed by atoms with Crippen molar-refractivity contribution < 1.29 is 4.74 Å². The summed E-state index contributed by atoms with van der Waals surface area (Å²) in [6.45, 7) is 4.66. The van der Waals surface area contributed by atoms with E-state index in [0.717, 1.165) is 11.8 Å². The lowest BCUT2D eigenvalue weighted by Gasteiger charge is -2.63. The average molecular weight is 179 g/mol. The summed E-state index contributed by atoms with van der Waals surface area (Å²) in [6, 6.07) is 0.500. The van der Waals surface area contributed by atoms with Crippen molar-refractivity contribution >= 4 is 6.40 Å². The van der Waals surface area contributed by atoms with E-state index in [9.17, 15) is 0 Å². The fourth-order valence-corrected chi connectivity index (χ4v) is 3.76. The van der Waals surface area contributed by atoms with Crippen LogP contribution in [0.15, 0.2) is 4.99 Å². The van der Waals surface area contributed by atoms with Gasteiger partial charge in [0.15, 0.2) is 6.40 Å². The van der Waals surface area contributed by atoms with Gasteiger partial charge in [0.2, 0.25) is 0 Å². The van der Waals surface area contributed by atoms with Gasteiger partial charge in [-0.2, -0.15) is 0 Å². The SMILES string of the molecule is CC(C)C1[C@H]2N=COC2C12CCC2. The molecular formula is C11H17NO. The molecule has 2 fully saturated rings. The number of aliphatic imine (C=N–C) groups is 1. The van der Waals surface area contributed by atoms with E-state index in [1.165, 1.54) is 19.3 Å². The maximum Gasteiger partial charge on any atom is 0.170 e. The van der Waals surface area contributed by atoms with Gasteiger partial charge >= 0.3 is 0 Å². The molecule has 0 aromatic carbocycles. The second kappa shape index (κ2) is 2.28. The fourth-order valence-electron chi connectivity index (χ4n) is 3.76. The number of hydrogen-bond donors (Lipinski definition) is 0. The Morgan fingerprint density at radius 3 is 2.77 bits per heavy atom. The minimum Gasteiger partial charge on any atom is -0.477 e. The van der Waals surface area contributed by atoms with Crippen LogP contribution in [0.1, 0.15) is 33.1 Å². The summed E-state index contributed by atoms with van der Waals surface area (Å²) in [7, 11) is 0. The van der Waals surface area contributed by atoms with Crippen molar-refractivity contribution in [3.05, 3.63) is 0 Å². The highest BCUT2D eigenvalue weighted by atomic mass is 16.5. The number of fused-ring (bicyclic) bond motifs is 2. The first-order chi connectivity index (χ1) is 6.26. The summed E-state index contributed by atoms with van der Waals surface area (Å²) >= 11 is 0. The van der Waals surface area contributed by atoms with E-state index in [-0.39, 0.29) is 0 Å². The van der Waals surface area contributed by atoms with Crippen LogP contribution in [-0.2, 0) is 4.74 Å². The van der Waals surface area contributed by atoms with Gasteiger partial charge in [0.1, 0.15) is 6.10 Å². The van der Waals surface area contributed by atoms with Crippen LogP contribution in [0.4, 0.5) is 0 Å². The summed E-state index contributed by atoms with van der Waals surface area (Å²) in [4.78, 5) is 4.44. The van der Waals surface area contributed by atoms with E-state index in [1.54, 1.807) is 6.40 Å². The van der Waals surface area contributed by atoms with Crippen LogP contribution in [0.2, 0.25) is 0 Å². The van der Waals surface area contributed by atoms with Gasteiger partial charge in [-0.05, 0) is 24.7 Å². The van der Waals surface area contributed by atoms with E-state index in [0.29, 0.717) is 17.6 Å². The molecule has 3 rings (SSSR count). The Hall–Kier alpha value is -0.530. The number of rotatable bonds is 1. The van der Waals surface area contributed by atoms with Crippen LogP contribution < -0.4 is 0 Å². The maximum absolute atomic E-state index is 5.60. The molecule has 0 aromatic heterocycles. The van der Waals surface area contributed by atoms with Gasteiger partial charge in [0, 0.05) is 5.41 Å². The predicted octanol–water partition coefficient (Wildman–Crippen LogP) is 2.24.